The van der Waals surface area contributed by atoms with Crippen LogP contribution >= 0.6 is 11.6 Å². The van der Waals surface area contributed by atoms with Crippen LogP contribution in [0.5, 0.6) is 0 Å². The first-order valence-electron chi connectivity index (χ1n) is 8.95. The van der Waals surface area contributed by atoms with Crippen molar-refractivity contribution >= 4 is 40.5 Å². The molecule has 0 saturated heterocycles. The molecule has 2 aromatic carbocycles. The second-order valence-corrected chi connectivity index (χ2v) is 7.29. The summed E-state index contributed by atoms with van der Waals surface area (Å²) in [6, 6.07) is 8.47. The number of nitrogens with one attached hydrogen (secondary N) is 3. The first-order valence-corrected chi connectivity index (χ1v) is 9.33. The smallest absolute Gasteiger partial charge is 0.376 e. The van der Waals surface area contributed by atoms with E-state index in [2.05, 4.69) is 16.0 Å². The van der Waals surface area contributed by atoms with Gasteiger partial charge in [0, 0.05) is 23.0 Å². The van der Waals surface area contributed by atoms with Gasteiger partial charge in [0.05, 0.1) is 17.1 Å². The van der Waals surface area contributed by atoms with Gasteiger partial charge in [-0.25, -0.2) is 0 Å². The number of benzene rings is 2. The fourth-order valence-corrected chi connectivity index (χ4v) is 2.91. The minimum absolute atomic E-state index is 0.00399. The maximum absolute atomic E-state index is 12.9. The number of carbonyl (C=O) groups is 2. The lowest BCUT2D eigenvalue weighted by Gasteiger charge is -2.14. The molecule has 2 amide bonds. The van der Waals surface area contributed by atoms with Crippen LogP contribution in [0.2, 0.25) is 5.02 Å². The number of hydrogen-bond acceptors (Lipinski definition) is 3. The maximum Gasteiger partial charge on any atom is 0.417 e. The van der Waals surface area contributed by atoms with Gasteiger partial charge < -0.3 is 16.0 Å². The molecule has 0 unspecified atom stereocenters. The summed E-state index contributed by atoms with van der Waals surface area (Å²) in [5.74, 6) is -0.479. The minimum Gasteiger partial charge on any atom is -0.376 e. The first kappa shape index (κ1) is 21.0. The molecule has 2 aromatic rings. The van der Waals surface area contributed by atoms with Gasteiger partial charge in [-0.2, -0.15) is 13.2 Å². The number of aryl methyl sites for hydroxylation is 1. The molecule has 0 atom stereocenters. The van der Waals surface area contributed by atoms with Gasteiger partial charge in [-0.15, -0.1) is 0 Å². The standard InChI is InChI=1S/C20H19ClF3N3O2/c1-11-2-5-14(27-19(29)12-3-4-12)9-17(11)25-10-18(28)26-13-6-7-16(21)15(8-13)20(22,23)24/h2,5-9,12,25H,3-4,10H2,1H3,(H,26,28)(H,27,29). The van der Waals surface area contributed by atoms with E-state index in [4.69, 9.17) is 11.6 Å². The molecule has 1 saturated carbocycles. The second kappa shape index (κ2) is 8.32. The minimum atomic E-state index is -4.61. The molecule has 29 heavy (non-hydrogen) atoms. The van der Waals surface area contributed by atoms with E-state index in [0.717, 1.165) is 30.5 Å². The van der Waals surface area contributed by atoms with Crippen molar-refractivity contribution in [2.24, 2.45) is 5.92 Å². The van der Waals surface area contributed by atoms with Crippen LogP contribution in [-0.2, 0) is 15.8 Å². The molecule has 0 bridgehead atoms. The molecule has 3 N–H and O–H groups in total. The van der Waals surface area contributed by atoms with Crippen LogP contribution in [0.25, 0.3) is 0 Å². The summed E-state index contributed by atoms with van der Waals surface area (Å²) in [4.78, 5) is 24.0. The SMILES string of the molecule is Cc1ccc(NC(=O)C2CC2)cc1NCC(=O)Nc1ccc(Cl)c(C(F)(F)F)c1. The third-order valence-corrected chi connectivity index (χ3v) is 4.78. The zero-order chi connectivity index (χ0) is 21.2. The van der Waals surface area contributed by atoms with Crippen molar-refractivity contribution < 1.29 is 22.8 Å². The maximum atomic E-state index is 12.9. The lowest BCUT2D eigenvalue weighted by Crippen LogP contribution is -2.22. The molecular formula is C20H19ClF3N3O2. The Morgan fingerprint density at radius 1 is 1.07 bits per heavy atom. The summed E-state index contributed by atoms with van der Waals surface area (Å²) in [5, 5.41) is 7.74. The van der Waals surface area contributed by atoms with Gasteiger partial charge in [-0.05, 0) is 55.7 Å². The quantitative estimate of drug-likeness (QED) is 0.605. The van der Waals surface area contributed by atoms with Crippen LogP contribution in [0, 0.1) is 12.8 Å². The molecule has 0 aromatic heterocycles. The van der Waals surface area contributed by atoms with E-state index < -0.39 is 22.7 Å². The van der Waals surface area contributed by atoms with E-state index in [1.807, 2.05) is 6.92 Å². The monoisotopic (exact) mass is 425 g/mol. The Kier molecular flexibility index (Phi) is 6.02. The summed E-state index contributed by atoms with van der Waals surface area (Å²) in [7, 11) is 0. The van der Waals surface area contributed by atoms with E-state index in [1.54, 1.807) is 18.2 Å². The van der Waals surface area contributed by atoms with Crippen LogP contribution in [0.15, 0.2) is 36.4 Å². The molecule has 0 aliphatic heterocycles. The molecule has 9 heteroatoms. The summed E-state index contributed by atoms with van der Waals surface area (Å²) in [6.45, 7) is 1.67. The Morgan fingerprint density at radius 3 is 2.38 bits per heavy atom. The highest BCUT2D eigenvalue weighted by Crippen LogP contribution is 2.36. The summed E-state index contributed by atoms with van der Waals surface area (Å²) >= 11 is 5.58. The second-order valence-electron chi connectivity index (χ2n) is 6.89. The average Bonchev–Trinajstić information content (AvgIpc) is 3.48. The van der Waals surface area contributed by atoms with Crippen LogP contribution in [0.4, 0.5) is 30.2 Å². The van der Waals surface area contributed by atoms with Gasteiger partial charge in [-0.1, -0.05) is 17.7 Å². The van der Waals surface area contributed by atoms with Gasteiger partial charge in [0.25, 0.3) is 0 Å². The molecule has 1 fully saturated rings. The van der Waals surface area contributed by atoms with Gasteiger partial charge in [0.15, 0.2) is 0 Å². The van der Waals surface area contributed by atoms with E-state index in [0.29, 0.717) is 11.4 Å². The molecule has 5 nitrogen and oxygen atoms in total. The van der Waals surface area contributed by atoms with E-state index in [1.165, 1.54) is 6.07 Å². The summed E-state index contributed by atoms with van der Waals surface area (Å²) in [5.41, 5.74) is 1.09. The van der Waals surface area contributed by atoms with Crippen molar-refractivity contribution in [1.82, 2.24) is 0 Å². The number of halogens is 4. The fraction of sp³-hybridized carbons (Fsp3) is 0.300. The van der Waals surface area contributed by atoms with Crippen LogP contribution < -0.4 is 16.0 Å². The predicted octanol–water partition coefficient (Wildman–Crippen LogP) is 5.07. The summed E-state index contributed by atoms with van der Waals surface area (Å²) in [6.07, 6.45) is -2.83. The first-order chi connectivity index (χ1) is 13.6. The third-order valence-electron chi connectivity index (χ3n) is 4.45. The van der Waals surface area contributed by atoms with Crippen molar-refractivity contribution in [2.75, 3.05) is 22.5 Å². The highest BCUT2D eigenvalue weighted by molar-refractivity contribution is 6.31. The van der Waals surface area contributed by atoms with E-state index in [-0.39, 0.29) is 24.1 Å². The number of rotatable bonds is 6. The van der Waals surface area contributed by atoms with Crippen molar-refractivity contribution in [1.29, 1.82) is 0 Å². The van der Waals surface area contributed by atoms with Crippen molar-refractivity contribution in [3.05, 3.63) is 52.5 Å². The van der Waals surface area contributed by atoms with E-state index >= 15 is 0 Å². The molecule has 1 aliphatic rings. The molecular weight excluding hydrogens is 407 g/mol. The Bertz CT molecular complexity index is 943. The Morgan fingerprint density at radius 2 is 1.72 bits per heavy atom. The summed E-state index contributed by atoms with van der Waals surface area (Å²) < 4.78 is 38.8. The molecule has 0 spiro atoms. The number of amides is 2. The lowest BCUT2D eigenvalue weighted by atomic mass is 10.1. The number of hydrogen-bond donors (Lipinski definition) is 3. The van der Waals surface area contributed by atoms with Crippen LogP contribution in [0.1, 0.15) is 24.0 Å². The van der Waals surface area contributed by atoms with Gasteiger partial charge in [-0.3, -0.25) is 9.59 Å². The third kappa shape index (κ3) is 5.63. The molecule has 0 radical (unpaired) electrons. The zero-order valence-electron chi connectivity index (χ0n) is 15.5. The number of carbonyl (C=O) groups excluding carboxylic acids is 2. The number of alkyl halides is 3. The highest BCUT2D eigenvalue weighted by Gasteiger charge is 2.33. The van der Waals surface area contributed by atoms with Crippen molar-refractivity contribution in [3.8, 4) is 0 Å². The van der Waals surface area contributed by atoms with Crippen molar-refractivity contribution in [3.63, 3.8) is 0 Å². The van der Waals surface area contributed by atoms with Gasteiger partial charge in [0.1, 0.15) is 0 Å². The normalized spacial score (nSPS) is 13.7. The largest absolute Gasteiger partial charge is 0.417 e. The Balaban J connectivity index is 1.61. The predicted molar refractivity (Wildman–Crippen MR) is 106 cm³/mol. The van der Waals surface area contributed by atoms with Crippen LogP contribution in [-0.4, -0.2) is 18.4 Å². The Labute approximate surface area is 170 Å². The highest BCUT2D eigenvalue weighted by atomic mass is 35.5. The molecule has 1 aliphatic carbocycles. The molecule has 154 valence electrons. The van der Waals surface area contributed by atoms with Crippen molar-refractivity contribution in [2.45, 2.75) is 25.9 Å². The van der Waals surface area contributed by atoms with Gasteiger partial charge in [0.2, 0.25) is 11.8 Å². The van der Waals surface area contributed by atoms with E-state index in [9.17, 15) is 22.8 Å². The number of anilines is 3. The lowest BCUT2D eigenvalue weighted by molar-refractivity contribution is -0.137. The van der Waals surface area contributed by atoms with Gasteiger partial charge >= 0.3 is 6.18 Å². The zero-order valence-corrected chi connectivity index (χ0v) is 16.2. The topological polar surface area (TPSA) is 70.2 Å². The molecule has 3 rings (SSSR count). The Hall–Kier alpha value is -2.74. The fourth-order valence-electron chi connectivity index (χ4n) is 2.68. The van der Waals surface area contributed by atoms with Crippen LogP contribution in [0.3, 0.4) is 0 Å². The molecule has 0 heterocycles. The average molecular weight is 426 g/mol.